The molecule has 0 saturated carbocycles. The van der Waals surface area contributed by atoms with E-state index in [-0.39, 0.29) is 0 Å². The first-order valence-electron chi connectivity index (χ1n) is 5.38. The van der Waals surface area contributed by atoms with Gasteiger partial charge in [-0.15, -0.1) is 0 Å². The van der Waals surface area contributed by atoms with Gasteiger partial charge < -0.3 is 10.2 Å². The summed E-state index contributed by atoms with van der Waals surface area (Å²) in [6.07, 6.45) is 2.72. The van der Waals surface area contributed by atoms with Crippen LogP contribution < -0.4 is 5.32 Å². The number of nitrogens with one attached hydrogen (secondary N) is 1. The van der Waals surface area contributed by atoms with Crippen LogP contribution in [-0.4, -0.2) is 42.0 Å². The Labute approximate surface area is 90.5 Å². The first-order valence-corrected chi connectivity index (χ1v) is 6.33. The fourth-order valence-corrected chi connectivity index (χ4v) is 2.92. The van der Waals surface area contributed by atoms with Gasteiger partial charge in [0.05, 0.1) is 0 Å². The smallest absolute Gasteiger partial charge is 0.133 e. The lowest BCUT2D eigenvalue weighted by atomic mass is 10.4. The monoisotopic (exact) mass is 213 g/mol. The highest BCUT2D eigenvalue weighted by Crippen LogP contribution is 2.27. The van der Waals surface area contributed by atoms with Crippen LogP contribution in [0.4, 0.5) is 0 Å². The number of rotatable bonds is 3. The average molecular weight is 213 g/mol. The molecular formula is C10H19N3S. The molecule has 0 amide bonds. The van der Waals surface area contributed by atoms with E-state index in [1.807, 2.05) is 11.8 Å². The van der Waals surface area contributed by atoms with Gasteiger partial charge in [0.2, 0.25) is 0 Å². The van der Waals surface area contributed by atoms with Gasteiger partial charge in [0.25, 0.3) is 0 Å². The molecule has 1 fully saturated rings. The molecule has 0 aromatic heterocycles. The van der Waals surface area contributed by atoms with E-state index < -0.39 is 0 Å². The fourth-order valence-electron chi connectivity index (χ4n) is 1.85. The highest BCUT2D eigenvalue weighted by atomic mass is 32.2. The van der Waals surface area contributed by atoms with Gasteiger partial charge in [-0.1, -0.05) is 11.8 Å². The Morgan fingerprint density at radius 1 is 1.57 bits per heavy atom. The van der Waals surface area contributed by atoms with Gasteiger partial charge in [-0.3, -0.25) is 4.90 Å². The lowest BCUT2D eigenvalue weighted by Gasteiger charge is -2.26. The SMILES string of the molecule is CCN(C)C1=CSC(N2CCCC2)N1. The van der Waals surface area contributed by atoms with Crippen molar-refractivity contribution in [3.63, 3.8) is 0 Å². The van der Waals surface area contributed by atoms with E-state index in [1.54, 1.807) is 0 Å². The zero-order valence-electron chi connectivity index (χ0n) is 8.99. The van der Waals surface area contributed by atoms with Gasteiger partial charge in [0.15, 0.2) is 0 Å². The molecule has 14 heavy (non-hydrogen) atoms. The maximum absolute atomic E-state index is 3.56. The second-order valence-electron chi connectivity index (χ2n) is 3.89. The van der Waals surface area contributed by atoms with E-state index in [1.165, 1.54) is 31.8 Å². The van der Waals surface area contributed by atoms with Crippen molar-refractivity contribution in [1.82, 2.24) is 15.1 Å². The van der Waals surface area contributed by atoms with Crippen molar-refractivity contribution in [2.45, 2.75) is 25.3 Å². The van der Waals surface area contributed by atoms with Crippen molar-refractivity contribution in [1.29, 1.82) is 0 Å². The second kappa shape index (κ2) is 4.45. The van der Waals surface area contributed by atoms with Crippen LogP contribution in [-0.2, 0) is 0 Å². The Morgan fingerprint density at radius 3 is 2.93 bits per heavy atom. The summed E-state index contributed by atoms with van der Waals surface area (Å²) in [4.78, 5) is 4.78. The van der Waals surface area contributed by atoms with E-state index in [0.29, 0.717) is 5.50 Å². The molecule has 0 aromatic carbocycles. The predicted molar refractivity (Wildman–Crippen MR) is 61.7 cm³/mol. The van der Waals surface area contributed by atoms with Crippen LogP contribution in [0.5, 0.6) is 0 Å². The normalized spacial score (nSPS) is 27.6. The molecule has 1 saturated heterocycles. The van der Waals surface area contributed by atoms with E-state index in [4.69, 9.17) is 0 Å². The topological polar surface area (TPSA) is 18.5 Å². The van der Waals surface area contributed by atoms with E-state index in [2.05, 4.69) is 34.5 Å². The van der Waals surface area contributed by atoms with Gasteiger partial charge in [0, 0.05) is 32.1 Å². The van der Waals surface area contributed by atoms with Crippen LogP contribution >= 0.6 is 11.8 Å². The van der Waals surface area contributed by atoms with Crippen molar-refractivity contribution in [2.75, 3.05) is 26.7 Å². The Bertz CT molecular complexity index is 223. The van der Waals surface area contributed by atoms with Crippen molar-refractivity contribution < 1.29 is 0 Å². The Kier molecular flexibility index (Phi) is 3.23. The third kappa shape index (κ3) is 2.01. The minimum Gasteiger partial charge on any atom is -0.361 e. The quantitative estimate of drug-likeness (QED) is 0.764. The molecule has 80 valence electrons. The lowest BCUT2D eigenvalue weighted by Crippen LogP contribution is -2.41. The summed E-state index contributed by atoms with van der Waals surface area (Å²) < 4.78 is 0. The molecule has 0 aromatic rings. The van der Waals surface area contributed by atoms with E-state index in [9.17, 15) is 0 Å². The van der Waals surface area contributed by atoms with E-state index in [0.717, 1.165) is 6.54 Å². The summed E-state index contributed by atoms with van der Waals surface area (Å²) in [6, 6.07) is 0. The number of thioether (sulfide) groups is 1. The number of likely N-dealkylation sites (tertiary alicyclic amines) is 1. The maximum atomic E-state index is 3.56. The Morgan fingerprint density at radius 2 is 2.29 bits per heavy atom. The molecule has 3 nitrogen and oxygen atoms in total. The summed E-state index contributed by atoms with van der Waals surface area (Å²) in [5.74, 6) is 1.27. The minimum absolute atomic E-state index is 0.488. The van der Waals surface area contributed by atoms with Gasteiger partial charge in [-0.2, -0.15) is 0 Å². The number of nitrogens with zero attached hydrogens (tertiary/aromatic N) is 2. The summed E-state index contributed by atoms with van der Waals surface area (Å²) >= 11 is 1.90. The molecule has 2 rings (SSSR count). The molecule has 0 spiro atoms. The summed E-state index contributed by atoms with van der Waals surface area (Å²) in [5.41, 5.74) is 0.488. The molecule has 0 aliphatic carbocycles. The molecule has 4 heteroatoms. The summed E-state index contributed by atoms with van der Waals surface area (Å²) in [6.45, 7) is 5.74. The predicted octanol–water partition coefficient (Wildman–Crippen LogP) is 1.45. The minimum atomic E-state index is 0.488. The van der Waals surface area contributed by atoms with Crippen LogP contribution in [0.1, 0.15) is 19.8 Å². The van der Waals surface area contributed by atoms with Crippen molar-refractivity contribution >= 4 is 11.8 Å². The lowest BCUT2D eigenvalue weighted by molar-refractivity contribution is 0.275. The first kappa shape index (κ1) is 10.2. The molecular weight excluding hydrogens is 194 g/mol. The van der Waals surface area contributed by atoms with Gasteiger partial charge >= 0.3 is 0 Å². The molecule has 1 unspecified atom stereocenters. The standard InChI is InChI=1S/C10H19N3S/c1-3-12(2)9-8-14-10(11-9)13-6-4-5-7-13/h8,10-11H,3-7H2,1-2H3. The van der Waals surface area contributed by atoms with Crippen LogP contribution in [0.3, 0.4) is 0 Å². The zero-order chi connectivity index (χ0) is 9.97. The fraction of sp³-hybridized carbons (Fsp3) is 0.800. The summed E-state index contributed by atoms with van der Waals surface area (Å²) in [5, 5.41) is 5.80. The Balaban J connectivity index is 1.85. The van der Waals surface area contributed by atoms with E-state index >= 15 is 0 Å². The van der Waals surface area contributed by atoms with Gasteiger partial charge in [0.1, 0.15) is 11.3 Å². The molecule has 0 bridgehead atoms. The first-order chi connectivity index (χ1) is 6.81. The van der Waals surface area contributed by atoms with Crippen LogP contribution in [0, 0.1) is 0 Å². The maximum Gasteiger partial charge on any atom is 0.133 e. The van der Waals surface area contributed by atoms with Crippen LogP contribution in [0.2, 0.25) is 0 Å². The molecule has 2 heterocycles. The van der Waals surface area contributed by atoms with Gasteiger partial charge in [-0.05, 0) is 19.8 Å². The highest BCUT2D eigenvalue weighted by Gasteiger charge is 2.26. The third-order valence-corrected chi connectivity index (χ3v) is 3.97. The number of hydrogen-bond donors (Lipinski definition) is 1. The second-order valence-corrected chi connectivity index (χ2v) is 4.85. The van der Waals surface area contributed by atoms with Crippen molar-refractivity contribution in [3.8, 4) is 0 Å². The third-order valence-electron chi connectivity index (χ3n) is 2.94. The van der Waals surface area contributed by atoms with Crippen LogP contribution in [0.25, 0.3) is 0 Å². The largest absolute Gasteiger partial charge is 0.361 e. The van der Waals surface area contributed by atoms with Crippen LogP contribution in [0.15, 0.2) is 11.2 Å². The molecule has 2 aliphatic heterocycles. The average Bonchev–Trinajstić information content (AvgIpc) is 2.86. The van der Waals surface area contributed by atoms with Gasteiger partial charge in [-0.25, -0.2) is 0 Å². The highest BCUT2D eigenvalue weighted by molar-refractivity contribution is 8.02. The Hall–Kier alpha value is -0.350. The summed E-state index contributed by atoms with van der Waals surface area (Å²) in [7, 11) is 2.13. The van der Waals surface area contributed by atoms with Crippen molar-refractivity contribution in [2.24, 2.45) is 0 Å². The van der Waals surface area contributed by atoms with Crippen molar-refractivity contribution in [3.05, 3.63) is 11.2 Å². The molecule has 1 N–H and O–H groups in total. The zero-order valence-corrected chi connectivity index (χ0v) is 9.81. The number of hydrogen-bond acceptors (Lipinski definition) is 4. The molecule has 2 aliphatic rings. The molecule has 1 atom stereocenters. The molecule has 0 radical (unpaired) electrons.